The van der Waals surface area contributed by atoms with Crippen molar-refractivity contribution >= 4 is 40.7 Å². The molecule has 4 aromatic rings. The van der Waals surface area contributed by atoms with E-state index in [1.54, 1.807) is 41.1 Å². The molecule has 2 aromatic heterocycles. The summed E-state index contributed by atoms with van der Waals surface area (Å²) in [4.78, 5) is 78.0. The Bertz CT molecular complexity index is 2530. The van der Waals surface area contributed by atoms with E-state index in [0.29, 0.717) is 45.3 Å². The van der Waals surface area contributed by atoms with E-state index in [4.69, 9.17) is 19.2 Å². The first kappa shape index (κ1) is 50.1. The standard InChI is InChI=1S/C53H71N7O8/c1-12-59-43-21-20-36-28-39(43)40(46(59)38-18-14-23-54-44(38)33(4)66-11)29-53(8,9)31-67-50(64)41-19-15-24-60(56-41)49(63)42(27-34-16-13-17-35(36)26-34)55-47(61)45(32(2)3)57(10)48(62)37-22-25-58(30-37)51(65)68-52(5,6)7/h13-14,16-18,20-21,23,26,28,32-33,37,41-42,45,56H,12,15,19,22,24-25,27,29-31H2,1-11H3,(H,55,61)/t33-,37-,41-,42-,45-/m0/s1. The third-order valence-corrected chi connectivity index (χ3v) is 13.5. The van der Waals surface area contributed by atoms with Crippen LogP contribution in [0.15, 0.2) is 60.8 Å². The second-order valence-electron chi connectivity index (χ2n) is 20.9. The highest BCUT2D eigenvalue weighted by Crippen LogP contribution is 2.42. The number of hydrogen-bond donors (Lipinski definition) is 2. The van der Waals surface area contributed by atoms with Gasteiger partial charge in [-0.05, 0) is 113 Å². The molecule has 2 saturated heterocycles. The third-order valence-electron chi connectivity index (χ3n) is 13.5. The minimum absolute atomic E-state index is 0.133. The molecule has 2 fully saturated rings. The first-order chi connectivity index (χ1) is 32.2. The van der Waals surface area contributed by atoms with Crippen molar-refractivity contribution in [1.29, 1.82) is 0 Å². The zero-order chi connectivity index (χ0) is 49.2. The third kappa shape index (κ3) is 10.9. The number of benzene rings is 2. The number of carbonyl (C=O) groups is 5. The van der Waals surface area contributed by atoms with Gasteiger partial charge in [0.05, 0.1) is 30.0 Å². The number of nitrogens with one attached hydrogen (secondary N) is 2. The smallest absolute Gasteiger partial charge is 0.410 e. The largest absolute Gasteiger partial charge is 0.464 e. The molecular weight excluding hydrogens is 863 g/mol. The molecule has 15 heteroatoms. The molecule has 3 aliphatic rings. The number of cyclic esters (lactones) is 1. The molecule has 7 rings (SSSR count). The van der Waals surface area contributed by atoms with Crippen LogP contribution in [0.2, 0.25) is 0 Å². The van der Waals surface area contributed by atoms with E-state index >= 15 is 0 Å². The number of esters is 1. The predicted octanol–water partition coefficient (Wildman–Crippen LogP) is 7.49. The Morgan fingerprint density at radius 1 is 1.01 bits per heavy atom. The van der Waals surface area contributed by atoms with Gasteiger partial charge in [0.2, 0.25) is 11.8 Å². The number of ether oxygens (including phenoxy) is 3. The topological polar surface area (TPSA) is 165 Å². The molecular formula is C53H71N7O8. The summed E-state index contributed by atoms with van der Waals surface area (Å²) in [6, 6.07) is 15.8. The number of pyridine rings is 1. The molecule has 2 aromatic carbocycles. The number of rotatable bonds is 9. The fraction of sp³-hybridized carbons (Fsp3) is 0.547. The lowest BCUT2D eigenvalue weighted by atomic mass is 9.84. The molecule has 0 spiro atoms. The van der Waals surface area contributed by atoms with E-state index in [-0.39, 0.29) is 37.5 Å². The normalized spacial score (nSPS) is 21.0. The van der Waals surface area contributed by atoms with Crippen LogP contribution in [0.1, 0.15) is 105 Å². The molecule has 6 bridgehead atoms. The van der Waals surface area contributed by atoms with Gasteiger partial charge in [0, 0.05) is 74.8 Å². The number of likely N-dealkylation sites (N-methyl/N-ethyl adjacent to an activating group) is 1. The van der Waals surface area contributed by atoms with Crippen molar-refractivity contribution in [2.24, 2.45) is 17.3 Å². The Morgan fingerprint density at radius 3 is 2.47 bits per heavy atom. The summed E-state index contributed by atoms with van der Waals surface area (Å²) in [6.45, 7) is 19.2. The second kappa shape index (κ2) is 20.4. The highest BCUT2D eigenvalue weighted by molar-refractivity contribution is 5.96. The van der Waals surface area contributed by atoms with Crippen molar-refractivity contribution in [1.82, 2.24) is 35.1 Å². The number of fused-ring (bicyclic) bond motifs is 6. The fourth-order valence-electron chi connectivity index (χ4n) is 10.0. The molecule has 4 amide bonds. The van der Waals surface area contributed by atoms with Crippen molar-refractivity contribution in [3.63, 3.8) is 0 Å². The van der Waals surface area contributed by atoms with Gasteiger partial charge < -0.3 is 33.9 Å². The number of aryl methyl sites for hydroxylation is 1. The maximum atomic E-state index is 14.8. The summed E-state index contributed by atoms with van der Waals surface area (Å²) in [5, 5.41) is 5.58. The van der Waals surface area contributed by atoms with Crippen LogP contribution >= 0.6 is 0 Å². The zero-order valence-corrected chi connectivity index (χ0v) is 41.8. The van der Waals surface area contributed by atoms with Crippen LogP contribution in [0.25, 0.3) is 33.3 Å². The number of nitrogens with zero attached hydrogens (tertiary/aromatic N) is 5. The van der Waals surface area contributed by atoms with Crippen molar-refractivity contribution in [2.45, 2.75) is 131 Å². The molecule has 5 atom stereocenters. The average Bonchev–Trinajstić information content (AvgIpc) is 3.92. The maximum absolute atomic E-state index is 14.8. The van der Waals surface area contributed by atoms with Crippen LogP contribution in [-0.4, -0.2) is 118 Å². The summed E-state index contributed by atoms with van der Waals surface area (Å²) in [6.07, 6.45) is 3.24. The van der Waals surface area contributed by atoms with E-state index in [0.717, 1.165) is 50.1 Å². The van der Waals surface area contributed by atoms with E-state index in [2.05, 4.69) is 72.5 Å². The number of hydrazine groups is 1. The van der Waals surface area contributed by atoms with Gasteiger partial charge >= 0.3 is 12.1 Å². The van der Waals surface area contributed by atoms with Gasteiger partial charge in [-0.2, -0.15) is 0 Å². The molecule has 5 heterocycles. The van der Waals surface area contributed by atoms with Crippen LogP contribution in [0.3, 0.4) is 0 Å². The molecule has 366 valence electrons. The van der Waals surface area contributed by atoms with Gasteiger partial charge in [0.25, 0.3) is 5.91 Å². The van der Waals surface area contributed by atoms with Crippen LogP contribution in [0, 0.1) is 17.3 Å². The van der Waals surface area contributed by atoms with Crippen LogP contribution in [0.4, 0.5) is 4.79 Å². The van der Waals surface area contributed by atoms with Crippen LogP contribution in [-0.2, 0) is 52.8 Å². The number of amides is 4. The van der Waals surface area contributed by atoms with E-state index in [1.165, 1.54) is 14.8 Å². The number of carbonyl (C=O) groups excluding carboxylic acids is 5. The molecule has 3 aliphatic heterocycles. The van der Waals surface area contributed by atoms with Gasteiger partial charge in [0.1, 0.15) is 23.7 Å². The Kier molecular flexibility index (Phi) is 15.0. The molecule has 0 unspecified atom stereocenters. The predicted molar refractivity (Wildman–Crippen MR) is 261 cm³/mol. The summed E-state index contributed by atoms with van der Waals surface area (Å²) in [7, 11) is 3.30. The summed E-state index contributed by atoms with van der Waals surface area (Å²) < 4.78 is 19.8. The van der Waals surface area contributed by atoms with Crippen molar-refractivity contribution in [2.75, 3.05) is 40.4 Å². The molecule has 15 nitrogen and oxygen atoms in total. The number of aromatic nitrogens is 2. The Hall–Kier alpha value is -5.80. The molecule has 68 heavy (non-hydrogen) atoms. The molecule has 2 N–H and O–H groups in total. The summed E-state index contributed by atoms with van der Waals surface area (Å²) >= 11 is 0. The van der Waals surface area contributed by atoms with E-state index < -0.39 is 58.9 Å². The number of likely N-dealkylation sites (tertiary alicyclic amines) is 1. The average molecular weight is 934 g/mol. The highest BCUT2D eigenvalue weighted by Gasteiger charge is 2.41. The molecule has 0 radical (unpaired) electrons. The fourth-order valence-corrected chi connectivity index (χ4v) is 10.0. The Morgan fingerprint density at radius 2 is 1.76 bits per heavy atom. The lowest BCUT2D eigenvalue weighted by Crippen LogP contribution is -2.62. The number of hydrogen-bond acceptors (Lipinski definition) is 10. The SMILES string of the molecule is CCn1c(-c2cccnc2[C@H](C)OC)c2c3cc(ccc31)-c1cccc(c1)C[C@H](NC(=O)[C@H](C(C)C)N(C)C(=O)[C@H]1CCN(C(=O)OC(C)(C)C)C1)C(=O)N1CCC[C@H](N1)C(=O)OCC(C)(C)C2. The first-order valence-electron chi connectivity index (χ1n) is 24.2. The van der Waals surface area contributed by atoms with E-state index in [9.17, 15) is 24.0 Å². The molecule has 0 saturated carbocycles. The molecule has 0 aliphatic carbocycles. The van der Waals surface area contributed by atoms with Crippen molar-refractivity contribution < 1.29 is 38.2 Å². The summed E-state index contributed by atoms with van der Waals surface area (Å²) in [5.41, 5.74) is 9.77. The Labute approximate surface area is 401 Å². The van der Waals surface area contributed by atoms with Crippen molar-refractivity contribution in [3.05, 3.63) is 77.6 Å². The van der Waals surface area contributed by atoms with Crippen molar-refractivity contribution in [3.8, 4) is 22.4 Å². The van der Waals surface area contributed by atoms with Gasteiger partial charge in [-0.3, -0.25) is 29.2 Å². The zero-order valence-electron chi connectivity index (χ0n) is 41.8. The van der Waals surface area contributed by atoms with Crippen LogP contribution < -0.4 is 10.7 Å². The quantitative estimate of drug-likeness (QED) is 0.161. The van der Waals surface area contributed by atoms with Gasteiger partial charge in [-0.15, -0.1) is 0 Å². The number of methoxy groups -OCH3 is 1. The second-order valence-corrected chi connectivity index (χ2v) is 20.9. The first-order valence-corrected chi connectivity index (χ1v) is 24.2. The lowest BCUT2D eigenvalue weighted by Gasteiger charge is -2.37. The minimum Gasteiger partial charge on any atom is -0.464 e. The Balaban J connectivity index is 1.26. The van der Waals surface area contributed by atoms with Gasteiger partial charge in [0.15, 0.2) is 0 Å². The van der Waals surface area contributed by atoms with Gasteiger partial charge in [-0.1, -0.05) is 58.0 Å². The van der Waals surface area contributed by atoms with Crippen LogP contribution in [0.5, 0.6) is 0 Å². The summed E-state index contributed by atoms with van der Waals surface area (Å²) in [5.74, 6) is -2.43. The van der Waals surface area contributed by atoms with E-state index in [1.807, 2.05) is 39.0 Å². The highest BCUT2D eigenvalue weighted by atomic mass is 16.6. The van der Waals surface area contributed by atoms with Gasteiger partial charge in [-0.25, -0.2) is 10.2 Å². The minimum atomic E-state index is -1.06. The maximum Gasteiger partial charge on any atom is 0.410 e. The monoisotopic (exact) mass is 934 g/mol. The lowest BCUT2D eigenvalue weighted by molar-refractivity contribution is -0.155.